The lowest BCUT2D eigenvalue weighted by molar-refractivity contribution is -0.146. The Bertz CT molecular complexity index is 306. The van der Waals surface area contributed by atoms with Crippen LogP contribution < -0.4 is 5.32 Å². The number of carboxylic acid groups (broad SMARTS) is 1. The van der Waals surface area contributed by atoms with E-state index >= 15 is 0 Å². The van der Waals surface area contributed by atoms with E-state index in [2.05, 4.69) is 5.32 Å². The number of hydrogen-bond donors (Lipinski definition) is 2. The number of likely N-dealkylation sites (tertiary alicyclic amines) is 1. The molecular weight excluding hydrogens is 212 g/mol. The number of aliphatic carboxylic acids is 1. The highest BCUT2D eigenvalue weighted by atomic mass is 16.5. The number of nitrogens with zero attached hydrogens (tertiary/aromatic N) is 1. The third kappa shape index (κ3) is 2.11. The number of urea groups is 1. The first-order valence-electron chi connectivity index (χ1n) is 5.38. The molecule has 6 heteroatoms. The quantitative estimate of drug-likeness (QED) is 0.691. The summed E-state index contributed by atoms with van der Waals surface area (Å²) < 4.78 is 5.22. The fourth-order valence-corrected chi connectivity index (χ4v) is 1.90. The molecule has 2 N–H and O–H groups in total. The van der Waals surface area contributed by atoms with Crippen LogP contribution >= 0.6 is 0 Å². The van der Waals surface area contributed by atoms with E-state index in [1.807, 2.05) is 6.92 Å². The van der Waals surface area contributed by atoms with Gasteiger partial charge in [-0.1, -0.05) is 0 Å². The van der Waals surface area contributed by atoms with Crippen LogP contribution in [0.5, 0.6) is 0 Å². The van der Waals surface area contributed by atoms with Crippen molar-refractivity contribution in [2.75, 3.05) is 26.3 Å². The molecule has 2 saturated heterocycles. The average Bonchev–Trinajstić information content (AvgIpc) is 2.47. The SMILES string of the molecule is CC1(NC(=O)N2CC(C(=O)O)C2)CCOC1. The van der Waals surface area contributed by atoms with Crippen LogP contribution in [0.3, 0.4) is 0 Å². The molecule has 0 saturated carbocycles. The minimum absolute atomic E-state index is 0.189. The van der Waals surface area contributed by atoms with Crippen LogP contribution in [0, 0.1) is 5.92 Å². The van der Waals surface area contributed by atoms with Gasteiger partial charge in [-0.2, -0.15) is 0 Å². The molecule has 2 aliphatic heterocycles. The Hall–Kier alpha value is -1.30. The maximum Gasteiger partial charge on any atom is 0.317 e. The lowest BCUT2D eigenvalue weighted by Crippen LogP contribution is -2.60. The first-order chi connectivity index (χ1) is 7.50. The van der Waals surface area contributed by atoms with E-state index in [0.717, 1.165) is 6.42 Å². The highest BCUT2D eigenvalue weighted by molar-refractivity contribution is 5.80. The third-order valence-corrected chi connectivity index (χ3v) is 3.15. The maximum absolute atomic E-state index is 11.7. The summed E-state index contributed by atoms with van der Waals surface area (Å²) in [5.41, 5.74) is -0.300. The largest absolute Gasteiger partial charge is 0.481 e. The number of ether oxygens (including phenoxy) is 1. The number of hydrogen-bond acceptors (Lipinski definition) is 3. The second kappa shape index (κ2) is 3.93. The molecule has 0 radical (unpaired) electrons. The van der Waals surface area contributed by atoms with Crippen molar-refractivity contribution in [3.8, 4) is 0 Å². The average molecular weight is 228 g/mol. The topological polar surface area (TPSA) is 78.9 Å². The fraction of sp³-hybridized carbons (Fsp3) is 0.800. The van der Waals surface area contributed by atoms with Gasteiger partial charge in [0.1, 0.15) is 0 Å². The normalized spacial score (nSPS) is 29.9. The van der Waals surface area contributed by atoms with Crippen molar-refractivity contribution in [1.82, 2.24) is 10.2 Å². The zero-order valence-corrected chi connectivity index (χ0v) is 9.23. The van der Waals surface area contributed by atoms with Gasteiger partial charge >= 0.3 is 12.0 Å². The summed E-state index contributed by atoms with van der Waals surface area (Å²) in [6.45, 7) is 3.73. The monoisotopic (exact) mass is 228 g/mol. The van der Waals surface area contributed by atoms with Crippen LogP contribution in [-0.2, 0) is 9.53 Å². The van der Waals surface area contributed by atoms with Crippen LogP contribution in [0.2, 0.25) is 0 Å². The highest BCUT2D eigenvalue weighted by Gasteiger charge is 2.39. The van der Waals surface area contributed by atoms with Crippen molar-refractivity contribution in [1.29, 1.82) is 0 Å². The lowest BCUT2D eigenvalue weighted by atomic mass is 10.00. The minimum atomic E-state index is -0.834. The van der Waals surface area contributed by atoms with Crippen molar-refractivity contribution in [3.63, 3.8) is 0 Å². The third-order valence-electron chi connectivity index (χ3n) is 3.15. The van der Waals surface area contributed by atoms with Gasteiger partial charge in [0.25, 0.3) is 0 Å². The second-order valence-electron chi connectivity index (χ2n) is 4.73. The molecule has 2 aliphatic rings. The summed E-state index contributed by atoms with van der Waals surface area (Å²) in [4.78, 5) is 23.8. The smallest absolute Gasteiger partial charge is 0.317 e. The summed E-state index contributed by atoms with van der Waals surface area (Å²) in [5, 5.41) is 11.6. The van der Waals surface area contributed by atoms with E-state index in [9.17, 15) is 9.59 Å². The van der Waals surface area contributed by atoms with Crippen molar-refractivity contribution in [2.24, 2.45) is 5.92 Å². The standard InChI is InChI=1S/C10H16N2O4/c1-10(2-3-16-6-10)11-9(15)12-4-7(5-12)8(13)14/h7H,2-6H2,1H3,(H,11,15)(H,13,14). The summed E-state index contributed by atoms with van der Waals surface area (Å²) in [6, 6.07) is -0.189. The molecule has 0 spiro atoms. The molecule has 2 heterocycles. The van der Waals surface area contributed by atoms with Gasteiger partial charge in [-0.15, -0.1) is 0 Å². The Labute approximate surface area is 93.6 Å². The molecule has 1 atom stereocenters. The van der Waals surface area contributed by atoms with Gasteiger partial charge in [0.15, 0.2) is 0 Å². The zero-order valence-electron chi connectivity index (χ0n) is 9.23. The van der Waals surface area contributed by atoms with Gasteiger partial charge < -0.3 is 20.1 Å². The van der Waals surface area contributed by atoms with Gasteiger partial charge in [-0.25, -0.2) is 4.79 Å². The molecule has 0 aromatic rings. The van der Waals surface area contributed by atoms with Gasteiger partial charge in [0.2, 0.25) is 0 Å². The lowest BCUT2D eigenvalue weighted by Gasteiger charge is -2.38. The van der Waals surface area contributed by atoms with Gasteiger partial charge in [0, 0.05) is 19.7 Å². The molecule has 2 amide bonds. The Morgan fingerprint density at radius 2 is 2.19 bits per heavy atom. The summed E-state index contributed by atoms with van der Waals surface area (Å²) >= 11 is 0. The number of carboxylic acids is 1. The number of amides is 2. The molecule has 0 bridgehead atoms. The van der Waals surface area contributed by atoms with Gasteiger partial charge in [-0.3, -0.25) is 4.79 Å². The van der Waals surface area contributed by atoms with Crippen molar-refractivity contribution >= 4 is 12.0 Å². The number of carbonyl (C=O) groups is 2. The molecule has 0 aliphatic carbocycles. The zero-order chi connectivity index (χ0) is 11.8. The molecule has 1 unspecified atom stereocenters. The van der Waals surface area contributed by atoms with Crippen LogP contribution in [0.1, 0.15) is 13.3 Å². The predicted molar refractivity (Wildman–Crippen MR) is 55.1 cm³/mol. The Morgan fingerprint density at radius 1 is 1.50 bits per heavy atom. The van der Waals surface area contributed by atoms with E-state index in [1.54, 1.807) is 0 Å². The summed E-state index contributed by atoms with van der Waals surface area (Å²) in [6.07, 6.45) is 0.801. The molecule has 0 aromatic carbocycles. The van der Waals surface area contributed by atoms with E-state index in [-0.39, 0.29) is 11.6 Å². The molecule has 90 valence electrons. The van der Waals surface area contributed by atoms with Gasteiger partial charge in [0.05, 0.1) is 18.1 Å². The number of carbonyl (C=O) groups excluding carboxylic acids is 1. The summed E-state index contributed by atoms with van der Waals surface area (Å²) in [7, 11) is 0. The van der Waals surface area contributed by atoms with Gasteiger partial charge in [-0.05, 0) is 13.3 Å². The van der Waals surface area contributed by atoms with Crippen LogP contribution in [0.25, 0.3) is 0 Å². The van der Waals surface area contributed by atoms with Crippen molar-refractivity contribution in [3.05, 3.63) is 0 Å². The minimum Gasteiger partial charge on any atom is -0.481 e. The van der Waals surface area contributed by atoms with Crippen molar-refractivity contribution in [2.45, 2.75) is 18.9 Å². The Morgan fingerprint density at radius 3 is 2.69 bits per heavy atom. The van der Waals surface area contributed by atoms with E-state index in [1.165, 1.54) is 4.90 Å². The molecule has 16 heavy (non-hydrogen) atoms. The van der Waals surface area contributed by atoms with Crippen molar-refractivity contribution < 1.29 is 19.4 Å². The van der Waals surface area contributed by atoms with Crippen LogP contribution in [0.4, 0.5) is 4.79 Å². The maximum atomic E-state index is 11.7. The predicted octanol–water partition coefficient (Wildman–Crippen LogP) is -0.109. The van der Waals surface area contributed by atoms with Crippen LogP contribution in [-0.4, -0.2) is 53.8 Å². The number of nitrogens with one attached hydrogen (secondary N) is 1. The molecule has 2 rings (SSSR count). The Balaban J connectivity index is 1.79. The number of rotatable bonds is 2. The van der Waals surface area contributed by atoms with E-state index in [4.69, 9.17) is 9.84 Å². The van der Waals surface area contributed by atoms with Crippen LogP contribution in [0.15, 0.2) is 0 Å². The molecule has 6 nitrogen and oxygen atoms in total. The first-order valence-corrected chi connectivity index (χ1v) is 5.38. The fourth-order valence-electron chi connectivity index (χ4n) is 1.90. The first kappa shape index (κ1) is 11.2. The Kier molecular flexibility index (Phi) is 2.75. The molecule has 2 fully saturated rings. The second-order valence-corrected chi connectivity index (χ2v) is 4.73. The molecular formula is C10H16N2O4. The molecule has 0 aromatic heterocycles. The highest BCUT2D eigenvalue weighted by Crippen LogP contribution is 2.20. The van der Waals surface area contributed by atoms with E-state index in [0.29, 0.717) is 26.3 Å². The summed E-state index contributed by atoms with van der Waals surface area (Å²) in [5.74, 6) is -1.24. The van der Waals surface area contributed by atoms with E-state index < -0.39 is 11.9 Å².